The van der Waals surface area contributed by atoms with Gasteiger partial charge in [0.1, 0.15) is 5.82 Å². The van der Waals surface area contributed by atoms with Gasteiger partial charge < -0.3 is 10.1 Å². The highest BCUT2D eigenvalue weighted by atomic mass is 19.1. The molecule has 2 rings (SSSR count). The first kappa shape index (κ1) is 12.5. The molecule has 1 aromatic carbocycles. The number of rotatable bonds is 3. The van der Waals surface area contributed by atoms with Crippen molar-refractivity contribution in [1.29, 1.82) is 0 Å². The van der Waals surface area contributed by atoms with Crippen LogP contribution in [0, 0.1) is 5.82 Å². The molecule has 0 radical (unpaired) electrons. The van der Waals surface area contributed by atoms with E-state index in [0.717, 1.165) is 18.4 Å². The van der Waals surface area contributed by atoms with Crippen LogP contribution >= 0.6 is 0 Å². The molecule has 1 N–H and O–H groups in total. The van der Waals surface area contributed by atoms with Gasteiger partial charge >= 0.3 is 11.9 Å². The zero-order valence-corrected chi connectivity index (χ0v) is 10.0. The van der Waals surface area contributed by atoms with Crippen LogP contribution in [0.1, 0.15) is 25.3 Å². The van der Waals surface area contributed by atoms with Crippen LogP contribution in [0.3, 0.4) is 0 Å². The van der Waals surface area contributed by atoms with Gasteiger partial charge in [0.15, 0.2) is 0 Å². The molecular weight excluding hydrogens is 237 g/mol. The second-order valence-electron chi connectivity index (χ2n) is 4.26. The maximum atomic E-state index is 12.8. The average molecular weight is 251 g/mol. The van der Waals surface area contributed by atoms with Gasteiger partial charge in [-0.25, -0.2) is 9.18 Å². The van der Waals surface area contributed by atoms with E-state index < -0.39 is 17.4 Å². The van der Waals surface area contributed by atoms with Crippen LogP contribution in [-0.2, 0) is 19.9 Å². The summed E-state index contributed by atoms with van der Waals surface area (Å²) in [4.78, 5) is 22.8. The molecule has 0 saturated heterocycles. The highest BCUT2D eigenvalue weighted by Crippen LogP contribution is 2.45. The lowest BCUT2D eigenvalue weighted by molar-refractivity contribution is -0.155. The van der Waals surface area contributed by atoms with Crippen LogP contribution in [0.15, 0.2) is 24.3 Å². The van der Waals surface area contributed by atoms with E-state index in [-0.39, 0.29) is 12.4 Å². The van der Waals surface area contributed by atoms with Gasteiger partial charge in [-0.2, -0.15) is 0 Å². The summed E-state index contributed by atoms with van der Waals surface area (Å²) >= 11 is 0. The van der Waals surface area contributed by atoms with Crippen molar-refractivity contribution in [2.45, 2.75) is 25.3 Å². The Morgan fingerprint density at radius 1 is 1.33 bits per heavy atom. The number of benzene rings is 1. The number of amides is 1. The number of ether oxygens (including phenoxy) is 1. The second kappa shape index (κ2) is 4.76. The van der Waals surface area contributed by atoms with E-state index >= 15 is 0 Å². The van der Waals surface area contributed by atoms with Gasteiger partial charge in [-0.05, 0) is 37.5 Å². The predicted molar refractivity (Wildman–Crippen MR) is 62.1 cm³/mol. The molecule has 1 aliphatic rings. The monoisotopic (exact) mass is 251 g/mol. The molecule has 4 nitrogen and oxygen atoms in total. The van der Waals surface area contributed by atoms with E-state index in [1.165, 1.54) is 12.1 Å². The standard InChI is InChI=1S/C13H14FNO3/c1-2-18-12(17)11(16)15-13(7-8-13)9-3-5-10(14)6-4-9/h3-6H,2,7-8H2,1H3,(H,15,16). The minimum absolute atomic E-state index is 0.163. The third-order valence-corrected chi connectivity index (χ3v) is 2.96. The summed E-state index contributed by atoms with van der Waals surface area (Å²) in [5, 5.41) is 2.65. The Kier molecular flexibility index (Phi) is 3.32. The van der Waals surface area contributed by atoms with Crippen molar-refractivity contribution in [1.82, 2.24) is 5.32 Å². The maximum Gasteiger partial charge on any atom is 0.396 e. The molecule has 1 saturated carbocycles. The van der Waals surface area contributed by atoms with E-state index in [1.54, 1.807) is 19.1 Å². The predicted octanol–water partition coefficient (Wildman–Crippen LogP) is 1.49. The summed E-state index contributed by atoms with van der Waals surface area (Å²) in [6.07, 6.45) is 1.48. The summed E-state index contributed by atoms with van der Waals surface area (Å²) in [7, 11) is 0. The van der Waals surface area contributed by atoms with E-state index in [9.17, 15) is 14.0 Å². The Bertz CT molecular complexity index is 466. The maximum absolute atomic E-state index is 12.8. The van der Waals surface area contributed by atoms with E-state index in [2.05, 4.69) is 10.1 Å². The first-order valence-corrected chi connectivity index (χ1v) is 5.83. The Labute approximate surface area is 104 Å². The fourth-order valence-electron chi connectivity index (χ4n) is 1.84. The Hall–Kier alpha value is -1.91. The Morgan fingerprint density at radius 2 is 1.94 bits per heavy atom. The van der Waals surface area contributed by atoms with Gasteiger partial charge in [0.05, 0.1) is 12.1 Å². The summed E-state index contributed by atoms with van der Waals surface area (Å²) in [6, 6.07) is 5.92. The fourth-order valence-corrected chi connectivity index (χ4v) is 1.84. The van der Waals surface area contributed by atoms with Crippen LogP contribution in [0.4, 0.5) is 4.39 Å². The van der Waals surface area contributed by atoms with Crippen LogP contribution in [0.5, 0.6) is 0 Å². The van der Waals surface area contributed by atoms with Gasteiger partial charge in [-0.3, -0.25) is 4.79 Å². The third kappa shape index (κ3) is 2.50. The van der Waals surface area contributed by atoms with Crippen LogP contribution < -0.4 is 5.32 Å². The first-order chi connectivity index (χ1) is 8.57. The largest absolute Gasteiger partial charge is 0.459 e. The first-order valence-electron chi connectivity index (χ1n) is 5.83. The molecule has 0 aromatic heterocycles. The van der Waals surface area contributed by atoms with Crippen LogP contribution in [0.2, 0.25) is 0 Å². The summed E-state index contributed by atoms with van der Waals surface area (Å²) in [6.45, 7) is 1.80. The minimum Gasteiger partial charge on any atom is -0.459 e. The molecule has 1 aliphatic carbocycles. The fraction of sp³-hybridized carbons (Fsp3) is 0.385. The number of carbonyl (C=O) groups is 2. The Balaban J connectivity index is 2.06. The number of esters is 1. The molecule has 96 valence electrons. The number of nitrogens with one attached hydrogen (secondary N) is 1. The number of hydrogen-bond donors (Lipinski definition) is 1. The van der Waals surface area contributed by atoms with E-state index in [0.29, 0.717) is 0 Å². The minimum atomic E-state index is -0.883. The SMILES string of the molecule is CCOC(=O)C(=O)NC1(c2ccc(F)cc2)CC1. The lowest BCUT2D eigenvalue weighted by atomic mass is 10.0. The lowest BCUT2D eigenvalue weighted by Gasteiger charge is -2.17. The smallest absolute Gasteiger partial charge is 0.396 e. The van der Waals surface area contributed by atoms with E-state index in [1.807, 2.05) is 0 Å². The number of hydrogen-bond acceptors (Lipinski definition) is 3. The van der Waals surface area contributed by atoms with Gasteiger partial charge in [0.25, 0.3) is 0 Å². The highest BCUT2D eigenvalue weighted by molar-refractivity contribution is 6.32. The van der Waals surface area contributed by atoms with Crippen LogP contribution in [-0.4, -0.2) is 18.5 Å². The molecule has 0 atom stereocenters. The molecule has 0 unspecified atom stereocenters. The number of carbonyl (C=O) groups excluding carboxylic acids is 2. The third-order valence-electron chi connectivity index (χ3n) is 2.96. The van der Waals surface area contributed by atoms with Gasteiger partial charge in [-0.15, -0.1) is 0 Å². The molecule has 18 heavy (non-hydrogen) atoms. The van der Waals surface area contributed by atoms with Crippen molar-refractivity contribution in [2.24, 2.45) is 0 Å². The quantitative estimate of drug-likeness (QED) is 0.654. The van der Waals surface area contributed by atoms with Crippen molar-refractivity contribution in [2.75, 3.05) is 6.61 Å². The zero-order valence-electron chi connectivity index (χ0n) is 10.0. The second-order valence-corrected chi connectivity index (χ2v) is 4.26. The molecule has 0 spiro atoms. The molecule has 1 amide bonds. The molecule has 1 aromatic rings. The normalized spacial score (nSPS) is 15.9. The molecule has 1 fully saturated rings. The summed E-state index contributed by atoms with van der Waals surface area (Å²) in [5.74, 6) is -1.96. The molecule has 0 aliphatic heterocycles. The molecule has 0 bridgehead atoms. The Morgan fingerprint density at radius 3 is 2.44 bits per heavy atom. The summed E-state index contributed by atoms with van der Waals surface area (Å²) in [5.41, 5.74) is 0.277. The van der Waals surface area contributed by atoms with Crippen molar-refractivity contribution >= 4 is 11.9 Å². The van der Waals surface area contributed by atoms with Crippen LogP contribution in [0.25, 0.3) is 0 Å². The zero-order chi connectivity index (χ0) is 13.2. The van der Waals surface area contributed by atoms with Gasteiger partial charge in [0, 0.05) is 0 Å². The summed E-state index contributed by atoms with van der Waals surface area (Å²) < 4.78 is 17.4. The van der Waals surface area contributed by atoms with Gasteiger partial charge in [-0.1, -0.05) is 12.1 Å². The van der Waals surface area contributed by atoms with E-state index in [4.69, 9.17) is 0 Å². The van der Waals surface area contributed by atoms with Crippen molar-refractivity contribution in [3.8, 4) is 0 Å². The molecule has 5 heteroatoms. The van der Waals surface area contributed by atoms with Crippen molar-refractivity contribution in [3.05, 3.63) is 35.6 Å². The molecular formula is C13H14FNO3. The number of halogens is 1. The lowest BCUT2D eigenvalue weighted by Crippen LogP contribution is -2.40. The highest BCUT2D eigenvalue weighted by Gasteiger charge is 2.46. The topological polar surface area (TPSA) is 55.4 Å². The average Bonchev–Trinajstić information content (AvgIpc) is 3.11. The van der Waals surface area contributed by atoms with Gasteiger partial charge in [0.2, 0.25) is 0 Å². The van der Waals surface area contributed by atoms with Crippen molar-refractivity contribution < 1.29 is 18.7 Å². The molecule has 0 heterocycles. The van der Waals surface area contributed by atoms with Crippen molar-refractivity contribution in [3.63, 3.8) is 0 Å².